The fraction of sp³-hybridized carbons (Fsp3) is 0.476. The summed E-state index contributed by atoms with van der Waals surface area (Å²) in [6.45, 7) is 0. The van der Waals surface area contributed by atoms with Gasteiger partial charge in [-0.25, -0.2) is 4.98 Å². The molecule has 4 aliphatic carbocycles. The van der Waals surface area contributed by atoms with Crippen molar-refractivity contribution in [2.45, 2.75) is 43.9 Å². The zero-order valence-electron chi connectivity index (χ0n) is 13.1. The van der Waals surface area contributed by atoms with E-state index in [0.29, 0.717) is 17.3 Å². The van der Waals surface area contributed by atoms with Gasteiger partial charge in [-0.3, -0.25) is 0 Å². The van der Waals surface area contributed by atoms with E-state index in [1.54, 1.807) is 0 Å². The van der Waals surface area contributed by atoms with E-state index in [9.17, 15) is 0 Å². The third-order valence-electron chi connectivity index (χ3n) is 7.55. The number of pyridine rings is 1. The van der Waals surface area contributed by atoms with Gasteiger partial charge in [0.25, 0.3) is 0 Å². The van der Waals surface area contributed by atoms with E-state index >= 15 is 4.39 Å². The lowest BCUT2D eigenvalue weighted by atomic mass is 9.56. The first kappa shape index (κ1) is 12.7. The number of hydrogen-bond acceptors (Lipinski definition) is 1. The highest BCUT2D eigenvalue weighted by Gasteiger charge is 2.65. The number of hydrogen-bond donors (Lipinski definition) is 0. The summed E-state index contributed by atoms with van der Waals surface area (Å²) in [5.41, 5.74) is 4.70. The highest BCUT2D eigenvalue weighted by Crippen LogP contribution is 2.76. The van der Waals surface area contributed by atoms with Crippen LogP contribution in [0.5, 0.6) is 0 Å². The first-order valence-electron chi connectivity index (χ1n) is 9.00. The quantitative estimate of drug-likeness (QED) is 0.653. The highest BCUT2D eigenvalue weighted by atomic mass is 19.1. The molecule has 0 amide bonds. The molecule has 1 heterocycles. The fourth-order valence-corrected chi connectivity index (χ4v) is 6.67. The van der Waals surface area contributed by atoms with Gasteiger partial charge in [0.1, 0.15) is 0 Å². The second-order valence-electron chi connectivity index (χ2n) is 8.30. The molecule has 1 spiro atoms. The van der Waals surface area contributed by atoms with Crippen molar-refractivity contribution in [2.75, 3.05) is 0 Å². The van der Waals surface area contributed by atoms with Crippen LogP contribution in [0.25, 0.3) is 11.3 Å². The average molecular weight is 305 g/mol. The smallest absolute Gasteiger partial charge is 0.217 e. The summed E-state index contributed by atoms with van der Waals surface area (Å²) in [5, 5.41) is 0. The minimum atomic E-state index is -0.187. The second-order valence-corrected chi connectivity index (χ2v) is 8.30. The van der Waals surface area contributed by atoms with Crippen molar-refractivity contribution < 1.29 is 4.39 Å². The maximum Gasteiger partial charge on any atom is 0.217 e. The Hall–Kier alpha value is -1.70. The summed E-state index contributed by atoms with van der Waals surface area (Å²) in [7, 11) is 0. The van der Waals surface area contributed by atoms with E-state index < -0.39 is 0 Å². The molecule has 2 aromatic rings. The minimum absolute atomic E-state index is 0.187. The summed E-state index contributed by atoms with van der Waals surface area (Å²) in [4.78, 5) is 4.37. The molecule has 5 unspecified atom stereocenters. The fourth-order valence-electron chi connectivity index (χ4n) is 6.67. The average Bonchev–Trinajstić information content (AvgIpc) is 2.98. The van der Waals surface area contributed by atoms with Crippen LogP contribution in [0, 0.1) is 23.2 Å². The van der Waals surface area contributed by atoms with Crippen molar-refractivity contribution in [1.82, 2.24) is 4.98 Å². The Bertz CT molecular complexity index is 814. The van der Waals surface area contributed by atoms with Crippen LogP contribution in [-0.4, -0.2) is 4.98 Å². The van der Waals surface area contributed by atoms with E-state index in [0.717, 1.165) is 28.7 Å². The molecule has 0 N–H and O–H groups in total. The molecule has 2 heteroatoms. The Morgan fingerprint density at radius 3 is 2.52 bits per heavy atom. The summed E-state index contributed by atoms with van der Waals surface area (Å²) in [6.07, 6.45) is 6.44. The molecule has 3 saturated carbocycles. The lowest BCUT2D eigenvalue weighted by molar-refractivity contribution is 0.00321. The van der Waals surface area contributed by atoms with Crippen LogP contribution in [0.2, 0.25) is 0 Å². The number of nitrogens with zero attached hydrogens (tertiary/aromatic N) is 1. The molecule has 6 rings (SSSR count). The van der Waals surface area contributed by atoms with E-state index in [2.05, 4.69) is 11.1 Å². The van der Waals surface area contributed by atoms with Gasteiger partial charge < -0.3 is 0 Å². The Balaban J connectivity index is 1.56. The Morgan fingerprint density at radius 2 is 1.70 bits per heavy atom. The van der Waals surface area contributed by atoms with Crippen molar-refractivity contribution in [3.05, 3.63) is 53.5 Å². The number of aromatic nitrogens is 1. The van der Waals surface area contributed by atoms with Gasteiger partial charge in [0.05, 0.1) is 5.69 Å². The lowest BCUT2D eigenvalue weighted by Crippen LogP contribution is -2.41. The summed E-state index contributed by atoms with van der Waals surface area (Å²) < 4.78 is 15.0. The van der Waals surface area contributed by atoms with Crippen molar-refractivity contribution in [1.29, 1.82) is 0 Å². The van der Waals surface area contributed by atoms with Crippen LogP contribution in [0.1, 0.15) is 55.1 Å². The first-order chi connectivity index (χ1) is 11.2. The minimum Gasteiger partial charge on any atom is -0.219 e. The normalized spacial score (nSPS) is 38.8. The van der Waals surface area contributed by atoms with Gasteiger partial charge in [0.15, 0.2) is 0 Å². The van der Waals surface area contributed by atoms with Crippen LogP contribution in [-0.2, 0) is 0 Å². The number of fused-ring (bicyclic) bond motifs is 5. The Labute approximate surface area is 135 Å². The van der Waals surface area contributed by atoms with Crippen LogP contribution in [0.3, 0.4) is 0 Å². The monoisotopic (exact) mass is 305 g/mol. The summed E-state index contributed by atoms with van der Waals surface area (Å²) in [6, 6.07) is 12.3. The van der Waals surface area contributed by atoms with Crippen molar-refractivity contribution >= 4 is 0 Å². The molecule has 1 nitrogen and oxygen atoms in total. The number of halogens is 1. The van der Waals surface area contributed by atoms with E-state index in [-0.39, 0.29) is 5.95 Å². The van der Waals surface area contributed by atoms with Crippen molar-refractivity contribution in [3.63, 3.8) is 0 Å². The van der Waals surface area contributed by atoms with Crippen LogP contribution < -0.4 is 0 Å². The van der Waals surface area contributed by atoms with Gasteiger partial charge >= 0.3 is 0 Å². The molecule has 23 heavy (non-hydrogen) atoms. The second kappa shape index (κ2) is 4.03. The Kier molecular flexibility index (Phi) is 2.23. The lowest BCUT2D eigenvalue weighted by Gasteiger charge is -2.48. The predicted octanol–water partition coefficient (Wildman–Crippen LogP) is 5.28. The molecule has 3 fully saturated rings. The maximum absolute atomic E-state index is 15.0. The SMILES string of the molecule is Fc1nc(-c2ccccc2)cc2c1C1CC3CC4CC2CC43C1. The number of rotatable bonds is 1. The van der Waals surface area contributed by atoms with Gasteiger partial charge in [0, 0.05) is 11.1 Å². The van der Waals surface area contributed by atoms with Crippen LogP contribution >= 0.6 is 0 Å². The molecule has 5 atom stereocenters. The largest absolute Gasteiger partial charge is 0.219 e. The summed E-state index contributed by atoms with van der Waals surface area (Å²) >= 11 is 0. The van der Waals surface area contributed by atoms with E-state index in [1.807, 2.05) is 30.3 Å². The molecule has 3 bridgehead atoms. The zero-order valence-corrected chi connectivity index (χ0v) is 13.1. The molecule has 0 saturated heterocycles. The van der Waals surface area contributed by atoms with Gasteiger partial charge in [-0.15, -0.1) is 0 Å². The van der Waals surface area contributed by atoms with Crippen LogP contribution in [0.4, 0.5) is 4.39 Å². The standard InChI is InChI=1S/C21H20FN/c22-20-19-14-7-16-8-15-6-13(10-21(15,16)11-14)17(19)9-18(23-20)12-4-2-1-3-5-12/h1-5,9,13-16H,6-8,10-11H2. The van der Waals surface area contributed by atoms with Crippen molar-refractivity contribution in [3.8, 4) is 11.3 Å². The van der Waals surface area contributed by atoms with Gasteiger partial charge in [0.2, 0.25) is 5.95 Å². The first-order valence-corrected chi connectivity index (χ1v) is 9.00. The Morgan fingerprint density at radius 1 is 0.957 bits per heavy atom. The highest BCUT2D eigenvalue weighted by molar-refractivity contribution is 5.61. The number of benzene rings is 1. The van der Waals surface area contributed by atoms with Gasteiger partial charge in [-0.2, -0.15) is 4.39 Å². The molecule has 1 aromatic heterocycles. The van der Waals surface area contributed by atoms with Gasteiger partial charge in [-0.05, 0) is 72.8 Å². The third-order valence-corrected chi connectivity index (χ3v) is 7.55. The summed E-state index contributed by atoms with van der Waals surface area (Å²) in [5.74, 6) is 2.62. The molecule has 0 radical (unpaired) electrons. The molecule has 1 aromatic carbocycles. The molecule has 4 aliphatic rings. The predicted molar refractivity (Wildman–Crippen MR) is 87.6 cm³/mol. The zero-order chi connectivity index (χ0) is 15.2. The maximum atomic E-state index is 15.0. The molecular weight excluding hydrogens is 285 g/mol. The van der Waals surface area contributed by atoms with Crippen LogP contribution in [0.15, 0.2) is 36.4 Å². The van der Waals surface area contributed by atoms with E-state index in [1.165, 1.54) is 37.7 Å². The van der Waals surface area contributed by atoms with E-state index in [4.69, 9.17) is 0 Å². The van der Waals surface area contributed by atoms with Crippen molar-refractivity contribution in [2.24, 2.45) is 17.3 Å². The molecule has 0 aliphatic heterocycles. The molecular formula is C21H20FN. The molecule has 116 valence electrons. The van der Waals surface area contributed by atoms with Gasteiger partial charge in [-0.1, -0.05) is 30.3 Å². The third kappa shape index (κ3) is 1.46. The topological polar surface area (TPSA) is 12.9 Å².